The minimum absolute atomic E-state index is 0.162. The van der Waals surface area contributed by atoms with E-state index in [9.17, 15) is 9.59 Å². The highest BCUT2D eigenvalue weighted by molar-refractivity contribution is 9.10. The first-order valence-corrected chi connectivity index (χ1v) is 3.80. The normalized spacial score (nSPS) is 28.8. The lowest BCUT2D eigenvalue weighted by Crippen LogP contribution is -2.24. The number of carbonyl (C=O) groups excluding carboxylic acids is 2. The fourth-order valence-corrected chi connectivity index (χ4v) is 1.43. The summed E-state index contributed by atoms with van der Waals surface area (Å²) in [6, 6.07) is 0. The lowest BCUT2D eigenvalue weighted by atomic mass is 9.98. The Balaban J connectivity index is 2.54. The van der Waals surface area contributed by atoms with E-state index in [4.69, 9.17) is 0 Å². The van der Waals surface area contributed by atoms with E-state index in [0.29, 0.717) is 19.3 Å². The van der Waals surface area contributed by atoms with Crippen molar-refractivity contribution in [3.8, 4) is 0 Å². The van der Waals surface area contributed by atoms with Gasteiger partial charge in [0.1, 0.15) is 11.6 Å². The molecule has 0 aromatic heterocycles. The van der Waals surface area contributed by atoms with Gasteiger partial charge in [0.2, 0.25) is 0 Å². The average molecular weight is 191 g/mol. The van der Waals surface area contributed by atoms with Crippen molar-refractivity contribution in [1.29, 1.82) is 0 Å². The lowest BCUT2D eigenvalue weighted by Gasteiger charge is -2.12. The molecule has 3 heteroatoms. The van der Waals surface area contributed by atoms with Crippen molar-refractivity contribution in [1.82, 2.24) is 0 Å². The van der Waals surface area contributed by atoms with Crippen molar-refractivity contribution >= 4 is 27.5 Å². The molecule has 0 amide bonds. The summed E-state index contributed by atoms with van der Waals surface area (Å²) in [5, 5.41) is 0. The fraction of sp³-hybridized carbons (Fsp3) is 0.667. The minimum Gasteiger partial charge on any atom is -0.300 e. The van der Waals surface area contributed by atoms with Crippen molar-refractivity contribution in [3.05, 3.63) is 0 Å². The molecule has 0 unspecified atom stereocenters. The number of Topliss-reactive ketones (excluding diaryl/α,β-unsaturated/α-hetero) is 2. The van der Waals surface area contributed by atoms with E-state index in [2.05, 4.69) is 15.9 Å². The zero-order valence-electron chi connectivity index (χ0n) is 4.89. The predicted octanol–water partition coefficient (Wildman–Crippen LogP) is 1.07. The first-order chi connectivity index (χ1) is 4.20. The van der Waals surface area contributed by atoms with Crippen LogP contribution < -0.4 is 0 Å². The van der Waals surface area contributed by atoms with Crippen LogP contribution in [-0.4, -0.2) is 16.4 Å². The zero-order chi connectivity index (χ0) is 6.85. The molecule has 1 rings (SSSR count). The van der Waals surface area contributed by atoms with Crippen molar-refractivity contribution < 1.29 is 9.59 Å². The molecule has 9 heavy (non-hydrogen) atoms. The molecule has 1 atom stereocenters. The van der Waals surface area contributed by atoms with Gasteiger partial charge in [0.15, 0.2) is 0 Å². The van der Waals surface area contributed by atoms with Gasteiger partial charge >= 0.3 is 0 Å². The summed E-state index contributed by atoms with van der Waals surface area (Å²) in [7, 11) is 0. The molecule has 0 N–H and O–H groups in total. The Kier molecular flexibility index (Phi) is 2.01. The summed E-state index contributed by atoms with van der Waals surface area (Å²) in [6.07, 6.45) is 1.26. The van der Waals surface area contributed by atoms with E-state index < -0.39 is 0 Å². The van der Waals surface area contributed by atoms with Crippen LogP contribution in [0.2, 0.25) is 0 Å². The molecule has 2 nitrogen and oxygen atoms in total. The SMILES string of the molecule is O=C1CCC(=O)[C@H](Br)C1. The topological polar surface area (TPSA) is 34.1 Å². The van der Waals surface area contributed by atoms with Crippen LogP contribution in [0.1, 0.15) is 19.3 Å². The number of ketones is 2. The third-order valence-electron chi connectivity index (χ3n) is 1.41. The molecule has 1 saturated carbocycles. The van der Waals surface area contributed by atoms with Gasteiger partial charge in [-0.1, -0.05) is 15.9 Å². The van der Waals surface area contributed by atoms with Crippen LogP contribution in [0.3, 0.4) is 0 Å². The van der Waals surface area contributed by atoms with Crippen LogP contribution in [0, 0.1) is 0 Å². The standard InChI is InChI=1S/C6H7BrO2/c7-5-3-4(8)1-2-6(5)9/h5H,1-3H2/t5-/m1/s1. The lowest BCUT2D eigenvalue weighted by molar-refractivity contribution is -0.128. The van der Waals surface area contributed by atoms with Gasteiger partial charge < -0.3 is 0 Å². The number of halogens is 1. The molecule has 1 aliphatic rings. The highest BCUT2D eigenvalue weighted by Gasteiger charge is 2.23. The summed E-state index contributed by atoms with van der Waals surface area (Å²) in [4.78, 5) is 21.2. The monoisotopic (exact) mass is 190 g/mol. The predicted molar refractivity (Wildman–Crippen MR) is 36.6 cm³/mol. The number of alkyl halides is 1. The molecule has 0 aromatic carbocycles. The summed E-state index contributed by atoms with van der Waals surface area (Å²) < 4.78 is 0. The summed E-state index contributed by atoms with van der Waals surface area (Å²) >= 11 is 3.12. The highest BCUT2D eigenvalue weighted by Crippen LogP contribution is 2.17. The molecule has 50 valence electrons. The minimum atomic E-state index is -0.196. The molecule has 0 aromatic rings. The number of carbonyl (C=O) groups is 2. The molecule has 1 aliphatic carbocycles. The molecule has 0 aliphatic heterocycles. The molecular weight excluding hydrogens is 184 g/mol. The van der Waals surface area contributed by atoms with Crippen molar-refractivity contribution in [2.45, 2.75) is 24.1 Å². The Bertz CT molecular complexity index is 153. The second kappa shape index (κ2) is 2.60. The van der Waals surface area contributed by atoms with Gasteiger partial charge in [-0.3, -0.25) is 9.59 Å². The van der Waals surface area contributed by atoms with Crippen LogP contribution in [0.15, 0.2) is 0 Å². The van der Waals surface area contributed by atoms with Crippen LogP contribution in [-0.2, 0) is 9.59 Å². The molecular formula is C6H7BrO2. The Morgan fingerprint density at radius 2 is 2.00 bits per heavy atom. The fourth-order valence-electron chi connectivity index (χ4n) is 0.835. The molecule has 0 saturated heterocycles. The van der Waals surface area contributed by atoms with E-state index in [1.165, 1.54) is 0 Å². The summed E-state index contributed by atoms with van der Waals surface area (Å²) in [5.41, 5.74) is 0. The Labute approximate surface area is 61.7 Å². The van der Waals surface area contributed by atoms with Gasteiger partial charge in [-0.15, -0.1) is 0 Å². The number of rotatable bonds is 0. The van der Waals surface area contributed by atoms with E-state index in [0.717, 1.165) is 0 Å². The first kappa shape index (κ1) is 6.93. The van der Waals surface area contributed by atoms with Crippen molar-refractivity contribution in [2.24, 2.45) is 0 Å². The first-order valence-electron chi connectivity index (χ1n) is 2.88. The Morgan fingerprint density at radius 3 is 2.44 bits per heavy atom. The van der Waals surface area contributed by atoms with Crippen LogP contribution in [0.25, 0.3) is 0 Å². The maximum atomic E-state index is 10.7. The van der Waals surface area contributed by atoms with Gasteiger partial charge in [0.05, 0.1) is 4.83 Å². The van der Waals surface area contributed by atoms with Crippen LogP contribution >= 0.6 is 15.9 Å². The third kappa shape index (κ3) is 1.61. The van der Waals surface area contributed by atoms with E-state index in [-0.39, 0.29) is 16.4 Å². The molecule has 1 fully saturated rings. The highest BCUT2D eigenvalue weighted by atomic mass is 79.9. The van der Waals surface area contributed by atoms with Gasteiger partial charge in [-0.25, -0.2) is 0 Å². The van der Waals surface area contributed by atoms with Gasteiger partial charge in [-0.05, 0) is 0 Å². The number of hydrogen-bond donors (Lipinski definition) is 0. The molecule has 0 heterocycles. The van der Waals surface area contributed by atoms with Crippen LogP contribution in [0.4, 0.5) is 0 Å². The quantitative estimate of drug-likeness (QED) is 0.536. The van der Waals surface area contributed by atoms with E-state index in [1.54, 1.807) is 0 Å². The van der Waals surface area contributed by atoms with Crippen molar-refractivity contribution in [3.63, 3.8) is 0 Å². The zero-order valence-corrected chi connectivity index (χ0v) is 6.48. The average Bonchev–Trinajstić information content (AvgIpc) is 1.80. The van der Waals surface area contributed by atoms with E-state index in [1.807, 2.05) is 0 Å². The van der Waals surface area contributed by atoms with Gasteiger partial charge in [0.25, 0.3) is 0 Å². The summed E-state index contributed by atoms with van der Waals surface area (Å²) in [5.74, 6) is 0.353. The summed E-state index contributed by atoms with van der Waals surface area (Å²) in [6.45, 7) is 0. The molecule has 0 bridgehead atoms. The van der Waals surface area contributed by atoms with Gasteiger partial charge in [-0.2, -0.15) is 0 Å². The van der Waals surface area contributed by atoms with Crippen LogP contribution in [0.5, 0.6) is 0 Å². The Morgan fingerprint density at radius 1 is 1.33 bits per heavy atom. The maximum Gasteiger partial charge on any atom is 0.147 e. The Hall–Kier alpha value is -0.180. The molecule has 0 spiro atoms. The largest absolute Gasteiger partial charge is 0.300 e. The second-order valence-electron chi connectivity index (χ2n) is 2.18. The second-order valence-corrected chi connectivity index (χ2v) is 3.28. The van der Waals surface area contributed by atoms with E-state index >= 15 is 0 Å². The molecule has 0 radical (unpaired) electrons. The third-order valence-corrected chi connectivity index (χ3v) is 2.24. The van der Waals surface area contributed by atoms with Gasteiger partial charge in [0, 0.05) is 19.3 Å². The number of hydrogen-bond acceptors (Lipinski definition) is 2. The maximum absolute atomic E-state index is 10.7. The smallest absolute Gasteiger partial charge is 0.147 e. The van der Waals surface area contributed by atoms with Crippen molar-refractivity contribution in [2.75, 3.05) is 0 Å².